The van der Waals surface area contributed by atoms with E-state index >= 15 is 0 Å². The maximum atomic E-state index is 11.8. The Morgan fingerprint density at radius 3 is 2.55 bits per heavy atom. The minimum Gasteiger partial charge on any atom is -0.459 e. The summed E-state index contributed by atoms with van der Waals surface area (Å²) in [5, 5.41) is 8.56. The number of carbonyl (C=O) groups is 2. The van der Waals surface area contributed by atoms with E-state index in [1.165, 1.54) is 21.0 Å². The molecular formula is C21H31N3O3S2. The Morgan fingerprint density at radius 1 is 1.14 bits per heavy atom. The maximum absolute atomic E-state index is 11.8. The maximum Gasteiger partial charge on any atom is 0.325 e. The summed E-state index contributed by atoms with van der Waals surface area (Å²) in [6.45, 7) is 9.99. The molecule has 0 radical (unpaired) electrons. The van der Waals surface area contributed by atoms with Gasteiger partial charge in [-0.15, -0.1) is 22.7 Å². The smallest absolute Gasteiger partial charge is 0.325 e. The molecule has 0 saturated carbocycles. The van der Waals surface area contributed by atoms with Gasteiger partial charge in [0.2, 0.25) is 0 Å². The molecule has 0 saturated heterocycles. The number of nitrogens with zero attached hydrogens (tertiary/aromatic N) is 1. The van der Waals surface area contributed by atoms with Crippen molar-refractivity contribution in [1.29, 1.82) is 0 Å². The Morgan fingerprint density at radius 2 is 1.90 bits per heavy atom. The van der Waals surface area contributed by atoms with Crippen LogP contribution in [0.5, 0.6) is 0 Å². The minimum atomic E-state index is -0.550. The number of nitrogens with one attached hydrogen (secondary N) is 2. The van der Waals surface area contributed by atoms with Crippen LogP contribution in [-0.4, -0.2) is 35.7 Å². The highest BCUT2D eigenvalue weighted by molar-refractivity contribution is 7.12. The van der Waals surface area contributed by atoms with Crippen molar-refractivity contribution in [3.05, 3.63) is 37.5 Å². The number of rotatable bonds is 9. The average molecular weight is 438 g/mol. The summed E-state index contributed by atoms with van der Waals surface area (Å²) in [6.07, 6.45) is 3.77. The van der Waals surface area contributed by atoms with E-state index in [0.717, 1.165) is 30.7 Å². The highest BCUT2D eigenvalue weighted by Crippen LogP contribution is 2.24. The van der Waals surface area contributed by atoms with Gasteiger partial charge in [0.25, 0.3) is 0 Å². The summed E-state index contributed by atoms with van der Waals surface area (Å²) in [7, 11) is 0. The molecule has 0 spiro atoms. The zero-order valence-corrected chi connectivity index (χ0v) is 19.5. The number of hydrogen-bond acceptors (Lipinski definition) is 6. The second-order valence-corrected chi connectivity index (χ2v) is 10.3. The van der Waals surface area contributed by atoms with Gasteiger partial charge in [-0.05, 0) is 71.9 Å². The number of ether oxygens (including phenoxy) is 1. The number of hydrogen-bond donors (Lipinski definition) is 2. The number of thiophene rings is 1. The van der Waals surface area contributed by atoms with Gasteiger partial charge in [0.1, 0.15) is 12.1 Å². The summed E-state index contributed by atoms with van der Waals surface area (Å²) in [4.78, 5) is 30.7. The van der Waals surface area contributed by atoms with E-state index in [9.17, 15) is 9.59 Å². The van der Waals surface area contributed by atoms with Crippen molar-refractivity contribution in [2.75, 3.05) is 13.1 Å². The first-order valence-corrected chi connectivity index (χ1v) is 11.5. The molecule has 0 aromatic carbocycles. The van der Waals surface area contributed by atoms with Crippen LogP contribution in [-0.2, 0) is 28.8 Å². The lowest BCUT2D eigenvalue weighted by Gasteiger charge is -2.19. The van der Waals surface area contributed by atoms with Crippen LogP contribution in [0.3, 0.4) is 0 Å². The molecule has 29 heavy (non-hydrogen) atoms. The van der Waals surface area contributed by atoms with Gasteiger partial charge in [-0.1, -0.05) is 0 Å². The van der Waals surface area contributed by atoms with Crippen LogP contribution in [0.2, 0.25) is 0 Å². The summed E-state index contributed by atoms with van der Waals surface area (Å²) in [5.74, 6) is -0.442. The van der Waals surface area contributed by atoms with Crippen LogP contribution >= 0.6 is 22.7 Å². The van der Waals surface area contributed by atoms with Crippen LogP contribution in [0.15, 0.2) is 11.4 Å². The summed E-state index contributed by atoms with van der Waals surface area (Å²) >= 11 is 3.55. The van der Waals surface area contributed by atoms with Gasteiger partial charge in [-0.2, -0.15) is 0 Å². The molecule has 0 aliphatic carbocycles. The zero-order valence-electron chi connectivity index (χ0n) is 17.9. The topological polar surface area (TPSA) is 80.3 Å². The molecule has 0 atom stereocenters. The molecule has 0 fully saturated rings. The van der Waals surface area contributed by atoms with Crippen molar-refractivity contribution in [1.82, 2.24) is 15.6 Å². The quantitative estimate of drug-likeness (QED) is 0.456. The van der Waals surface area contributed by atoms with E-state index in [1.807, 2.05) is 18.3 Å². The van der Waals surface area contributed by atoms with Crippen LogP contribution in [0, 0.1) is 13.8 Å². The Hall–Kier alpha value is -1.93. The molecule has 2 N–H and O–H groups in total. The molecule has 6 nitrogen and oxygen atoms in total. The van der Waals surface area contributed by atoms with Gasteiger partial charge < -0.3 is 15.4 Å². The lowest BCUT2D eigenvalue weighted by atomic mass is 10.1. The number of urea groups is 1. The SMILES string of the molecule is Cc1nc(CCc2cc(C)c(CCCNC(=O)NCC(=O)OC(C)(C)C)s2)cs1. The van der Waals surface area contributed by atoms with E-state index in [2.05, 4.69) is 34.0 Å². The van der Waals surface area contributed by atoms with Crippen molar-refractivity contribution in [2.45, 2.75) is 65.9 Å². The molecule has 160 valence electrons. The first-order chi connectivity index (χ1) is 13.6. The first kappa shape index (κ1) is 23.3. The zero-order chi connectivity index (χ0) is 21.4. The molecule has 2 amide bonds. The van der Waals surface area contributed by atoms with Gasteiger partial charge in [0.05, 0.1) is 10.7 Å². The molecule has 2 rings (SSSR count). The van der Waals surface area contributed by atoms with E-state index < -0.39 is 11.6 Å². The van der Waals surface area contributed by atoms with Gasteiger partial charge in [-0.25, -0.2) is 9.78 Å². The number of thiazole rings is 1. The van der Waals surface area contributed by atoms with Crippen molar-refractivity contribution in [2.24, 2.45) is 0 Å². The van der Waals surface area contributed by atoms with E-state index in [0.29, 0.717) is 6.54 Å². The normalized spacial score (nSPS) is 11.3. The third-order valence-electron chi connectivity index (χ3n) is 4.05. The Bertz CT molecular complexity index is 821. The molecule has 2 aromatic heterocycles. The molecular weight excluding hydrogens is 406 g/mol. The van der Waals surface area contributed by atoms with Crippen LogP contribution in [0.4, 0.5) is 4.79 Å². The van der Waals surface area contributed by atoms with Crippen molar-refractivity contribution < 1.29 is 14.3 Å². The first-order valence-electron chi connectivity index (χ1n) is 9.85. The average Bonchev–Trinajstić information content (AvgIpc) is 3.19. The highest BCUT2D eigenvalue weighted by Gasteiger charge is 2.16. The van der Waals surface area contributed by atoms with Crippen molar-refractivity contribution in [3.63, 3.8) is 0 Å². The van der Waals surface area contributed by atoms with Gasteiger partial charge in [0, 0.05) is 21.7 Å². The molecule has 2 aromatic rings. The van der Waals surface area contributed by atoms with Crippen LogP contribution < -0.4 is 10.6 Å². The van der Waals surface area contributed by atoms with Crippen molar-refractivity contribution >= 4 is 34.7 Å². The largest absolute Gasteiger partial charge is 0.459 e. The number of carbonyl (C=O) groups excluding carboxylic acids is 2. The highest BCUT2D eigenvalue weighted by atomic mass is 32.1. The fourth-order valence-corrected chi connectivity index (χ4v) is 4.65. The molecule has 0 unspecified atom stereocenters. The van der Waals surface area contributed by atoms with E-state index in [-0.39, 0.29) is 12.6 Å². The van der Waals surface area contributed by atoms with Crippen LogP contribution in [0.25, 0.3) is 0 Å². The Labute approximate surface area is 181 Å². The lowest BCUT2D eigenvalue weighted by molar-refractivity contribution is -0.153. The van der Waals surface area contributed by atoms with Gasteiger partial charge in [-0.3, -0.25) is 4.79 Å². The summed E-state index contributed by atoms with van der Waals surface area (Å²) in [6, 6.07) is 1.92. The fraction of sp³-hybridized carbons (Fsp3) is 0.571. The predicted molar refractivity (Wildman–Crippen MR) is 119 cm³/mol. The lowest BCUT2D eigenvalue weighted by Crippen LogP contribution is -2.40. The monoisotopic (exact) mass is 437 g/mol. The predicted octanol–water partition coefficient (Wildman–Crippen LogP) is 4.18. The Kier molecular flexibility index (Phi) is 8.64. The van der Waals surface area contributed by atoms with E-state index in [1.54, 1.807) is 32.1 Å². The standard InChI is InChI=1S/C21H31N3O3S2/c1-14-11-17(9-8-16-13-28-15(2)24-16)29-18(14)7-6-10-22-20(26)23-12-19(25)27-21(3,4)5/h11,13H,6-10,12H2,1-5H3,(H2,22,23,26). The summed E-state index contributed by atoms with van der Waals surface area (Å²) in [5.41, 5.74) is 1.93. The molecule has 0 bridgehead atoms. The number of aryl methyl sites for hydroxylation is 5. The number of aromatic nitrogens is 1. The summed E-state index contributed by atoms with van der Waals surface area (Å²) < 4.78 is 5.15. The molecule has 2 heterocycles. The van der Waals surface area contributed by atoms with E-state index in [4.69, 9.17) is 4.74 Å². The minimum absolute atomic E-state index is 0.130. The molecule has 0 aliphatic rings. The van der Waals surface area contributed by atoms with Crippen molar-refractivity contribution in [3.8, 4) is 0 Å². The molecule has 8 heteroatoms. The number of esters is 1. The third-order valence-corrected chi connectivity index (χ3v) is 6.22. The second-order valence-electron chi connectivity index (χ2n) is 7.98. The third kappa shape index (κ3) is 8.95. The van der Waals surface area contributed by atoms with Gasteiger partial charge in [0.15, 0.2) is 0 Å². The fourth-order valence-electron chi connectivity index (χ4n) is 2.78. The second kappa shape index (κ2) is 10.7. The van der Waals surface area contributed by atoms with Gasteiger partial charge >= 0.3 is 12.0 Å². The number of amides is 2. The van der Waals surface area contributed by atoms with Crippen LogP contribution in [0.1, 0.15) is 53.2 Å². The molecule has 0 aliphatic heterocycles. The Balaban J connectivity index is 1.65.